The van der Waals surface area contributed by atoms with Crippen molar-refractivity contribution in [3.8, 4) is 0 Å². The zero-order valence-corrected chi connectivity index (χ0v) is 77.4. The fraction of sp³-hybridized carbons (Fsp3) is 0.910. The lowest BCUT2D eigenvalue weighted by Gasteiger charge is -2.51. The fourth-order valence-corrected chi connectivity index (χ4v) is 15.6. The van der Waals surface area contributed by atoms with Crippen molar-refractivity contribution in [1.82, 2.24) is 0 Å². The van der Waals surface area contributed by atoms with Gasteiger partial charge in [0.1, 0.15) is 21.8 Å². The molecule has 14 unspecified atom stereocenters. The summed E-state index contributed by atoms with van der Waals surface area (Å²) in [6.07, 6.45) is 14.2. The topological polar surface area (TPSA) is 0 Å². The van der Waals surface area contributed by atoms with Gasteiger partial charge >= 0.3 is 0 Å². The summed E-state index contributed by atoms with van der Waals surface area (Å²) in [6, 6.07) is 0. The molecule has 0 bridgehead atoms. The molecule has 1 aliphatic carbocycles. The summed E-state index contributed by atoms with van der Waals surface area (Å²) < 4.78 is 0. The van der Waals surface area contributed by atoms with E-state index in [4.69, 9.17) is 0 Å². The van der Waals surface area contributed by atoms with E-state index in [1.165, 1.54) is 0 Å². The van der Waals surface area contributed by atoms with Gasteiger partial charge in [0.05, 0.1) is 64.9 Å². The molecule has 4 fully saturated rings. The first-order valence-corrected chi connectivity index (χ1v) is 41.0. The number of rotatable bonds is 0. The van der Waals surface area contributed by atoms with Crippen LogP contribution < -0.4 is 0 Å². The molecular weight excluding hydrogens is 1210 g/mol. The largest absolute Gasteiger partial charge is 0.145 e. The Morgan fingerprint density at radius 2 is 0.392 bits per heavy atom. The molecule has 7 heterocycles. The molecule has 8 rings (SSSR count). The molecule has 14 atom stereocenters. The molecule has 0 amide bonds. The van der Waals surface area contributed by atoms with Crippen molar-refractivity contribution < 1.29 is 0 Å². The maximum absolute atomic E-state index is 2.50. The Morgan fingerprint density at radius 1 is 0.176 bits per heavy atom. The van der Waals surface area contributed by atoms with Crippen LogP contribution in [0.5, 0.6) is 0 Å². The third-order valence-corrected chi connectivity index (χ3v) is 23.6. The van der Waals surface area contributed by atoms with Crippen molar-refractivity contribution >= 4 is 93.8 Å². The molecular formula is C89H172B13. The third-order valence-electron chi connectivity index (χ3n) is 23.6. The summed E-state index contributed by atoms with van der Waals surface area (Å²) >= 11 is 0. The van der Waals surface area contributed by atoms with Gasteiger partial charge in [0.2, 0.25) is 0 Å². The van der Waals surface area contributed by atoms with Crippen LogP contribution in [0.25, 0.3) is 0 Å². The Bertz CT molecular complexity index is 2330. The minimum absolute atomic E-state index is 0. The molecule has 4 saturated heterocycles. The van der Waals surface area contributed by atoms with Crippen LogP contribution in [0.15, 0.2) is 48.4 Å². The SMILES string of the molecule is C.CC(C)(C)C1C=CC1C(C)(C)C.CC(C)(C)C1[B]C(C(C)(C)C)C=C1.CC(C)(C)C1[B]C(C(C)(C)C)[B]1.CC(C)(C)C1[B]C=CC1C(C)(C)C.CC(C)(C)C1[B]C=CC1C(C)(C)C.CC(C)(C)C1[B][B]C(C(C)(C)C)[B]1.CC(C)(C)C1[B][B]C1C(C)(C)C.CC(C)(C)C1[B][B][B]C1C(C)(C)C. The molecule has 0 spiro atoms. The maximum atomic E-state index is 2.50. The summed E-state index contributed by atoms with van der Waals surface area (Å²) in [4.78, 5) is 0. The lowest BCUT2D eigenvalue weighted by Crippen LogP contribution is -2.46. The Morgan fingerprint density at radius 3 is 0.539 bits per heavy atom. The number of hydrogen-bond acceptors (Lipinski definition) is 0. The predicted molar refractivity (Wildman–Crippen MR) is 488 cm³/mol. The first kappa shape index (κ1) is 102. The molecule has 567 valence electrons. The van der Waals surface area contributed by atoms with Gasteiger partial charge in [-0.1, -0.05) is 434 Å². The van der Waals surface area contributed by atoms with Gasteiger partial charge in [-0.3, -0.25) is 0 Å². The van der Waals surface area contributed by atoms with Crippen molar-refractivity contribution in [3.05, 3.63) is 48.4 Å². The van der Waals surface area contributed by atoms with E-state index in [9.17, 15) is 0 Å². The van der Waals surface area contributed by atoms with Crippen LogP contribution in [-0.2, 0) is 0 Å². The minimum atomic E-state index is 0. The highest BCUT2D eigenvalue weighted by Gasteiger charge is 2.48. The minimum Gasteiger partial charge on any atom is -0.126 e. The summed E-state index contributed by atoms with van der Waals surface area (Å²) in [7, 11) is 31.2. The average molecular weight is 1380 g/mol. The second-order valence-electron chi connectivity index (χ2n) is 50.3. The van der Waals surface area contributed by atoms with Crippen molar-refractivity contribution in [1.29, 1.82) is 0 Å². The van der Waals surface area contributed by atoms with Crippen molar-refractivity contribution in [2.24, 2.45) is 110 Å². The summed E-state index contributed by atoms with van der Waals surface area (Å²) in [5.41, 5.74) is 9.24. The highest BCUT2D eigenvalue weighted by atomic mass is 14.5. The van der Waals surface area contributed by atoms with E-state index in [0.29, 0.717) is 145 Å². The molecule has 7 aliphatic heterocycles. The van der Waals surface area contributed by atoms with Crippen LogP contribution in [0, 0.1) is 110 Å². The van der Waals surface area contributed by atoms with E-state index in [1.807, 2.05) is 0 Å². The van der Waals surface area contributed by atoms with Crippen molar-refractivity contribution in [2.75, 3.05) is 0 Å². The molecule has 0 aromatic carbocycles. The summed E-state index contributed by atoms with van der Waals surface area (Å²) in [6.45, 7) is 112. The number of hydrogen-bond donors (Lipinski definition) is 0. The van der Waals surface area contributed by atoms with Gasteiger partial charge in [-0.25, -0.2) is 0 Å². The van der Waals surface area contributed by atoms with Crippen LogP contribution in [-0.4, -0.2) is 93.8 Å². The normalized spacial score (nSPS) is 29.2. The van der Waals surface area contributed by atoms with Gasteiger partial charge in [0.15, 0.2) is 0 Å². The molecule has 0 saturated carbocycles. The molecule has 0 N–H and O–H groups in total. The molecule has 0 aromatic rings. The van der Waals surface area contributed by atoms with E-state index in [1.54, 1.807) is 0 Å². The van der Waals surface area contributed by atoms with Crippen LogP contribution in [0.4, 0.5) is 0 Å². The smallest absolute Gasteiger partial charge is 0.126 e. The molecule has 8 aliphatic rings. The van der Waals surface area contributed by atoms with E-state index >= 15 is 0 Å². The standard InChI is InChI=1S/3C12H22B.C12H22.2C10H20B3.2C10H20B2.CH4/c2*1-11(2,3)9-7-8-13-10(9)12(4,5)6;1-11(2,3)9-7-8-10(13-9)12(4,5)6;1-11(2,3)9-7-8-10(9)12(4,5)6;1-9(2,3)7-11-8(13-12-7)10(4,5)6;1-9(2,3)7-8(10(4,5)6)12-13-11-7;1-9(2,3)7-11-8(12-7)10(4,5)6;1-9(2,3)7-8(12-11-7)10(4,5)6;/h3*7-10H,1-6H3;7-10H,1-6H3;2*7-8H,1-6H3;2*7-8H,1-6H3;1H4. The molecule has 0 nitrogen and oxygen atoms in total. The Hall–Kier alpha value is -0.196. The zero-order valence-electron chi connectivity index (χ0n) is 77.4. The van der Waals surface area contributed by atoms with Crippen molar-refractivity contribution in [3.63, 3.8) is 0 Å². The lowest BCUT2D eigenvalue weighted by atomic mass is 9.09. The number of allylic oxidation sites excluding steroid dienone is 6. The Kier molecular flexibility index (Phi) is 36.9. The summed E-state index contributed by atoms with van der Waals surface area (Å²) in [5.74, 6) is 13.1. The second kappa shape index (κ2) is 37.0. The van der Waals surface area contributed by atoms with Gasteiger partial charge in [0, 0.05) is 7.06 Å². The van der Waals surface area contributed by atoms with Gasteiger partial charge < -0.3 is 0 Å². The fourth-order valence-electron chi connectivity index (χ4n) is 15.6. The van der Waals surface area contributed by atoms with E-state index in [2.05, 4.69) is 475 Å². The highest BCUT2D eigenvalue weighted by molar-refractivity contribution is 7.33. The summed E-state index contributed by atoms with van der Waals surface area (Å²) in [5, 5.41) is 0. The predicted octanol–water partition coefficient (Wildman–Crippen LogP) is 27.1. The van der Waals surface area contributed by atoms with Crippen molar-refractivity contribution in [2.45, 2.75) is 409 Å². The monoisotopic (exact) mass is 1380 g/mol. The highest BCUT2D eigenvalue weighted by Crippen LogP contribution is 2.56. The zero-order chi connectivity index (χ0) is 80.1. The first-order valence-electron chi connectivity index (χ1n) is 41.0. The molecule has 13 radical (unpaired) electrons. The van der Waals surface area contributed by atoms with Crippen LogP contribution in [0.2, 0.25) is 69.4 Å². The average Bonchev–Trinajstić information content (AvgIpc) is 1.37. The van der Waals surface area contributed by atoms with E-state index < -0.39 is 0 Å². The van der Waals surface area contributed by atoms with E-state index in [0.717, 1.165) is 34.9 Å². The Labute approximate surface area is 657 Å². The van der Waals surface area contributed by atoms with Gasteiger partial charge in [-0.15, -0.1) is 12.0 Å². The Balaban J connectivity index is 0.00000114. The molecule has 102 heavy (non-hydrogen) atoms. The van der Waals surface area contributed by atoms with Crippen LogP contribution in [0.1, 0.15) is 340 Å². The quantitative estimate of drug-likeness (QED) is 0.168. The van der Waals surface area contributed by atoms with Gasteiger partial charge in [-0.05, 0) is 122 Å². The molecule has 13 heteroatoms. The van der Waals surface area contributed by atoms with Gasteiger partial charge in [0.25, 0.3) is 0 Å². The van der Waals surface area contributed by atoms with E-state index in [-0.39, 0.29) is 7.43 Å². The van der Waals surface area contributed by atoms with Crippen LogP contribution >= 0.6 is 0 Å². The lowest BCUT2D eigenvalue weighted by molar-refractivity contribution is 0.118. The van der Waals surface area contributed by atoms with Crippen LogP contribution in [0.3, 0.4) is 0 Å². The third kappa shape index (κ3) is 33.8. The second-order valence-corrected chi connectivity index (χ2v) is 50.3. The first-order chi connectivity index (χ1) is 44.3. The maximum Gasteiger partial charge on any atom is 0.145 e. The van der Waals surface area contributed by atoms with Gasteiger partial charge in [-0.2, -0.15) is 0 Å². The molecule has 0 aromatic heterocycles.